The molecule has 0 aromatic heterocycles. The van der Waals surface area contributed by atoms with Gasteiger partial charge in [0.1, 0.15) is 0 Å². The summed E-state index contributed by atoms with van der Waals surface area (Å²) in [5.74, 6) is 0.163. The van der Waals surface area contributed by atoms with E-state index in [0.717, 1.165) is 38.3 Å². The van der Waals surface area contributed by atoms with Gasteiger partial charge in [-0.3, -0.25) is 4.79 Å². The van der Waals surface area contributed by atoms with Crippen LogP contribution in [-0.4, -0.2) is 48.4 Å². The molecule has 16 heavy (non-hydrogen) atoms. The van der Waals surface area contributed by atoms with Gasteiger partial charge >= 0.3 is 0 Å². The molecule has 1 aromatic carbocycles. The van der Waals surface area contributed by atoms with Gasteiger partial charge in [0.05, 0.1) is 0 Å². The summed E-state index contributed by atoms with van der Waals surface area (Å²) >= 11 is 0. The number of likely N-dealkylation sites (N-methyl/N-ethyl adjacent to an activating group) is 1. The zero-order valence-electron chi connectivity index (χ0n) is 9.72. The van der Waals surface area contributed by atoms with E-state index in [-0.39, 0.29) is 5.91 Å². The minimum Gasteiger partial charge on any atom is -0.336 e. The third-order valence-electron chi connectivity index (χ3n) is 3.13. The van der Waals surface area contributed by atoms with E-state index in [0.29, 0.717) is 0 Å². The first kappa shape index (κ1) is 11.1. The molecule has 3 nitrogen and oxygen atoms in total. The zero-order valence-corrected chi connectivity index (χ0v) is 9.72. The Morgan fingerprint density at radius 1 is 1.12 bits per heavy atom. The third kappa shape index (κ3) is 2.42. The zero-order chi connectivity index (χ0) is 11.4. The van der Waals surface area contributed by atoms with E-state index >= 15 is 0 Å². The van der Waals surface area contributed by atoms with Gasteiger partial charge in [-0.25, -0.2) is 0 Å². The van der Waals surface area contributed by atoms with Crippen molar-refractivity contribution < 1.29 is 4.79 Å². The maximum atomic E-state index is 12.1. The van der Waals surface area contributed by atoms with Crippen LogP contribution in [0.1, 0.15) is 17.3 Å². The first-order valence-electron chi connectivity index (χ1n) is 5.88. The van der Waals surface area contributed by atoms with Crippen molar-refractivity contribution in [3.05, 3.63) is 35.9 Å². The van der Waals surface area contributed by atoms with Crippen LogP contribution in [0.25, 0.3) is 0 Å². The van der Waals surface area contributed by atoms with Crippen LogP contribution in [0.4, 0.5) is 0 Å². The highest BCUT2D eigenvalue weighted by atomic mass is 16.2. The standard InChI is InChI=1S/C13H18N2O/c1-2-14-8-10-15(11-9-14)13(16)12-6-4-3-5-7-12/h3-7H,2,8-11H2,1H3. The van der Waals surface area contributed by atoms with E-state index in [4.69, 9.17) is 0 Å². The topological polar surface area (TPSA) is 23.6 Å². The fourth-order valence-corrected chi connectivity index (χ4v) is 2.03. The van der Waals surface area contributed by atoms with Crippen molar-refractivity contribution in [1.82, 2.24) is 9.80 Å². The molecule has 0 aliphatic carbocycles. The average Bonchev–Trinajstić information content (AvgIpc) is 2.39. The SMILES string of the molecule is CCN1CCN(C(=O)c2ccccc2)CC1. The van der Waals surface area contributed by atoms with Gasteiger partial charge < -0.3 is 9.80 Å². The summed E-state index contributed by atoms with van der Waals surface area (Å²) in [6, 6.07) is 9.53. The Morgan fingerprint density at radius 2 is 1.75 bits per heavy atom. The van der Waals surface area contributed by atoms with E-state index in [9.17, 15) is 4.79 Å². The molecular weight excluding hydrogens is 200 g/mol. The van der Waals surface area contributed by atoms with Crippen LogP contribution in [0, 0.1) is 0 Å². The van der Waals surface area contributed by atoms with Crippen LogP contribution in [0.5, 0.6) is 0 Å². The molecule has 1 aliphatic heterocycles. The molecule has 0 unspecified atom stereocenters. The number of nitrogens with zero attached hydrogens (tertiary/aromatic N) is 2. The van der Waals surface area contributed by atoms with E-state index in [2.05, 4.69) is 11.8 Å². The highest BCUT2D eigenvalue weighted by Gasteiger charge is 2.20. The van der Waals surface area contributed by atoms with Crippen molar-refractivity contribution >= 4 is 5.91 Å². The number of benzene rings is 1. The molecule has 3 heteroatoms. The van der Waals surface area contributed by atoms with Gasteiger partial charge in [-0.15, -0.1) is 0 Å². The van der Waals surface area contributed by atoms with Crippen LogP contribution in [0.3, 0.4) is 0 Å². The third-order valence-corrected chi connectivity index (χ3v) is 3.13. The van der Waals surface area contributed by atoms with Crippen LogP contribution in [-0.2, 0) is 0 Å². The van der Waals surface area contributed by atoms with E-state index < -0.39 is 0 Å². The number of carbonyl (C=O) groups excluding carboxylic acids is 1. The molecule has 1 amide bonds. The second-order valence-corrected chi connectivity index (χ2v) is 4.09. The smallest absolute Gasteiger partial charge is 0.253 e. The van der Waals surface area contributed by atoms with E-state index in [1.54, 1.807) is 0 Å². The molecule has 1 fully saturated rings. The number of hydrogen-bond acceptors (Lipinski definition) is 2. The Morgan fingerprint density at radius 3 is 2.31 bits per heavy atom. The quantitative estimate of drug-likeness (QED) is 0.750. The van der Waals surface area contributed by atoms with Crippen molar-refractivity contribution in [2.24, 2.45) is 0 Å². The summed E-state index contributed by atoms with van der Waals surface area (Å²) in [6.07, 6.45) is 0. The Bertz CT molecular complexity index is 342. The lowest BCUT2D eigenvalue weighted by molar-refractivity contribution is 0.0643. The van der Waals surface area contributed by atoms with Gasteiger partial charge in [0.15, 0.2) is 0 Å². The summed E-state index contributed by atoms with van der Waals surface area (Å²) in [6.45, 7) is 6.93. The van der Waals surface area contributed by atoms with Crippen molar-refractivity contribution in [3.63, 3.8) is 0 Å². The lowest BCUT2D eigenvalue weighted by Gasteiger charge is -2.34. The van der Waals surface area contributed by atoms with Crippen molar-refractivity contribution in [3.8, 4) is 0 Å². The molecule has 1 aromatic rings. The lowest BCUT2D eigenvalue weighted by atomic mass is 10.2. The highest BCUT2D eigenvalue weighted by Crippen LogP contribution is 2.08. The highest BCUT2D eigenvalue weighted by molar-refractivity contribution is 5.94. The monoisotopic (exact) mass is 218 g/mol. The van der Waals surface area contributed by atoms with Gasteiger partial charge in [-0.05, 0) is 18.7 Å². The fourth-order valence-electron chi connectivity index (χ4n) is 2.03. The molecule has 0 saturated carbocycles. The van der Waals surface area contributed by atoms with Gasteiger partial charge in [-0.2, -0.15) is 0 Å². The maximum absolute atomic E-state index is 12.1. The van der Waals surface area contributed by atoms with Crippen LogP contribution >= 0.6 is 0 Å². The minimum absolute atomic E-state index is 0.163. The fraction of sp³-hybridized carbons (Fsp3) is 0.462. The van der Waals surface area contributed by atoms with Crippen LogP contribution < -0.4 is 0 Å². The lowest BCUT2D eigenvalue weighted by Crippen LogP contribution is -2.48. The first-order chi connectivity index (χ1) is 7.81. The largest absolute Gasteiger partial charge is 0.336 e. The number of piperazine rings is 1. The number of amides is 1. The maximum Gasteiger partial charge on any atom is 0.253 e. The molecule has 0 spiro atoms. The molecule has 86 valence electrons. The normalized spacial score (nSPS) is 17.4. The summed E-state index contributed by atoms with van der Waals surface area (Å²) < 4.78 is 0. The van der Waals surface area contributed by atoms with Crippen molar-refractivity contribution in [1.29, 1.82) is 0 Å². The Hall–Kier alpha value is -1.35. The predicted molar refractivity (Wildman–Crippen MR) is 64.5 cm³/mol. The van der Waals surface area contributed by atoms with Gasteiger partial charge in [0.25, 0.3) is 5.91 Å². The van der Waals surface area contributed by atoms with Crippen molar-refractivity contribution in [2.75, 3.05) is 32.7 Å². The number of carbonyl (C=O) groups is 1. The Balaban J connectivity index is 1.97. The molecule has 0 N–H and O–H groups in total. The van der Waals surface area contributed by atoms with Crippen LogP contribution in [0.2, 0.25) is 0 Å². The second kappa shape index (κ2) is 5.12. The predicted octanol–water partition coefficient (Wildman–Crippen LogP) is 1.46. The minimum atomic E-state index is 0.163. The van der Waals surface area contributed by atoms with E-state index in [1.807, 2.05) is 35.2 Å². The molecule has 1 heterocycles. The van der Waals surface area contributed by atoms with Gasteiger partial charge in [-0.1, -0.05) is 25.1 Å². The number of hydrogen-bond donors (Lipinski definition) is 0. The molecule has 2 rings (SSSR count). The van der Waals surface area contributed by atoms with Gasteiger partial charge in [0, 0.05) is 31.7 Å². The average molecular weight is 218 g/mol. The molecule has 1 aliphatic rings. The summed E-state index contributed by atoms with van der Waals surface area (Å²) in [5.41, 5.74) is 0.799. The Labute approximate surface area is 96.7 Å². The molecule has 0 atom stereocenters. The number of rotatable bonds is 2. The molecule has 0 radical (unpaired) electrons. The molecule has 1 saturated heterocycles. The molecular formula is C13H18N2O. The molecule has 0 bridgehead atoms. The first-order valence-corrected chi connectivity index (χ1v) is 5.88. The van der Waals surface area contributed by atoms with Crippen molar-refractivity contribution in [2.45, 2.75) is 6.92 Å². The van der Waals surface area contributed by atoms with E-state index in [1.165, 1.54) is 0 Å². The summed E-state index contributed by atoms with van der Waals surface area (Å²) in [5, 5.41) is 0. The second-order valence-electron chi connectivity index (χ2n) is 4.09. The Kier molecular flexibility index (Phi) is 3.57. The summed E-state index contributed by atoms with van der Waals surface area (Å²) in [4.78, 5) is 16.4. The van der Waals surface area contributed by atoms with Gasteiger partial charge in [0.2, 0.25) is 0 Å². The van der Waals surface area contributed by atoms with Crippen LogP contribution in [0.15, 0.2) is 30.3 Å². The summed E-state index contributed by atoms with van der Waals surface area (Å²) in [7, 11) is 0.